The summed E-state index contributed by atoms with van der Waals surface area (Å²) in [5.41, 5.74) is 0. The van der Waals surface area contributed by atoms with Gasteiger partial charge < -0.3 is 14.9 Å². The molecule has 1 N–H and O–H groups in total. The number of nitrogens with zero attached hydrogens (tertiary/aromatic N) is 2. The van der Waals surface area contributed by atoms with Gasteiger partial charge in [0.15, 0.2) is 0 Å². The molecule has 0 aromatic heterocycles. The van der Waals surface area contributed by atoms with Gasteiger partial charge in [-0.1, -0.05) is 20.3 Å². The second-order valence-electron chi connectivity index (χ2n) is 6.22. The topological polar surface area (TPSA) is 26.7 Å². The van der Waals surface area contributed by atoms with E-state index in [-0.39, 0.29) is 6.10 Å². The summed E-state index contributed by atoms with van der Waals surface area (Å²) in [6.07, 6.45) is 3.37. The SMILES string of the molecule is CC(C)CN(CCN(C)C)CC1CCCC1O. The van der Waals surface area contributed by atoms with Crippen LogP contribution in [0.5, 0.6) is 0 Å². The Balaban J connectivity index is 2.38. The maximum atomic E-state index is 9.91. The molecule has 1 rings (SSSR count). The molecule has 102 valence electrons. The average Bonchev–Trinajstić information content (AvgIpc) is 2.60. The molecule has 0 bridgehead atoms. The van der Waals surface area contributed by atoms with Gasteiger partial charge in [0.25, 0.3) is 0 Å². The van der Waals surface area contributed by atoms with Gasteiger partial charge in [0, 0.05) is 26.2 Å². The van der Waals surface area contributed by atoms with E-state index in [1.807, 2.05) is 0 Å². The third-order valence-electron chi connectivity index (χ3n) is 3.60. The van der Waals surface area contributed by atoms with Crippen molar-refractivity contribution in [2.24, 2.45) is 11.8 Å². The first-order valence-electron chi connectivity index (χ1n) is 7.04. The number of hydrogen-bond acceptors (Lipinski definition) is 3. The van der Waals surface area contributed by atoms with Crippen LogP contribution in [0.4, 0.5) is 0 Å². The molecule has 17 heavy (non-hydrogen) atoms. The largest absolute Gasteiger partial charge is 0.393 e. The van der Waals surface area contributed by atoms with Gasteiger partial charge in [-0.3, -0.25) is 0 Å². The molecule has 0 radical (unpaired) electrons. The Labute approximate surface area is 107 Å². The standard InChI is InChI=1S/C14H30N2O/c1-12(2)10-16(9-8-15(3)4)11-13-6-5-7-14(13)17/h12-14,17H,5-11H2,1-4H3. The van der Waals surface area contributed by atoms with Crippen LogP contribution in [0.1, 0.15) is 33.1 Å². The number of rotatable bonds is 7. The molecule has 0 aliphatic heterocycles. The molecule has 0 amide bonds. The van der Waals surface area contributed by atoms with Gasteiger partial charge >= 0.3 is 0 Å². The summed E-state index contributed by atoms with van der Waals surface area (Å²) in [5.74, 6) is 1.21. The van der Waals surface area contributed by atoms with E-state index in [0.29, 0.717) is 11.8 Å². The van der Waals surface area contributed by atoms with Crippen molar-refractivity contribution >= 4 is 0 Å². The summed E-state index contributed by atoms with van der Waals surface area (Å²) in [6, 6.07) is 0. The molecule has 3 nitrogen and oxygen atoms in total. The summed E-state index contributed by atoms with van der Waals surface area (Å²) in [5, 5.41) is 9.91. The Morgan fingerprint density at radius 1 is 1.18 bits per heavy atom. The van der Waals surface area contributed by atoms with Gasteiger partial charge in [-0.05, 0) is 38.8 Å². The Morgan fingerprint density at radius 3 is 2.35 bits per heavy atom. The number of aliphatic hydroxyl groups is 1. The molecular weight excluding hydrogens is 212 g/mol. The highest BCUT2D eigenvalue weighted by atomic mass is 16.3. The minimum Gasteiger partial charge on any atom is -0.393 e. The molecule has 2 unspecified atom stereocenters. The van der Waals surface area contributed by atoms with E-state index in [4.69, 9.17) is 0 Å². The van der Waals surface area contributed by atoms with Crippen LogP contribution >= 0.6 is 0 Å². The normalized spacial score (nSPS) is 25.4. The highest BCUT2D eigenvalue weighted by Crippen LogP contribution is 2.26. The van der Waals surface area contributed by atoms with Crippen LogP contribution in [0.15, 0.2) is 0 Å². The highest BCUT2D eigenvalue weighted by Gasteiger charge is 2.27. The van der Waals surface area contributed by atoms with Gasteiger partial charge in [0.05, 0.1) is 6.10 Å². The van der Waals surface area contributed by atoms with Crippen molar-refractivity contribution in [1.29, 1.82) is 0 Å². The lowest BCUT2D eigenvalue weighted by Gasteiger charge is -2.29. The van der Waals surface area contributed by atoms with Crippen molar-refractivity contribution in [1.82, 2.24) is 9.80 Å². The van der Waals surface area contributed by atoms with Crippen LogP contribution in [0.3, 0.4) is 0 Å². The van der Waals surface area contributed by atoms with Crippen LogP contribution in [-0.4, -0.2) is 61.3 Å². The van der Waals surface area contributed by atoms with E-state index in [2.05, 4.69) is 37.7 Å². The Bertz CT molecular complexity index is 206. The minimum atomic E-state index is -0.0518. The lowest BCUT2D eigenvalue weighted by molar-refractivity contribution is 0.0948. The molecule has 1 saturated carbocycles. The second kappa shape index (κ2) is 7.34. The molecule has 0 saturated heterocycles. The van der Waals surface area contributed by atoms with Crippen molar-refractivity contribution in [2.75, 3.05) is 40.3 Å². The van der Waals surface area contributed by atoms with E-state index < -0.39 is 0 Å². The third kappa shape index (κ3) is 5.84. The van der Waals surface area contributed by atoms with Crippen LogP contribution in [0.25, 0.3) is 0 Å². The maximum Gasteiger partial charge on any atom is 0.0580 e. The van der Waals surface area contributed by atoms with Crippen LogP contribution in [0.2, 0.25) is 0 Å². The zero-order chi connectivity index (χ0) is 12.8. The van der Waals surface area contributed by atoms with E-state index in [1.54, 1.807) is 0 Å². The van der Waals surface area contributed by atoms with Crippen LogP contribution < -0.4 is 0 Å². The molecule has 0 heterocycles. The van der Waals surface area contributed by atoms with Crippen molar-refractivity contribution < 1.29 is 5.11 Å². The average molecular weight is 242 g/mol. The summed E-state index contributed by atoms with van der Waals surface area (Å²) in [6.45, 7) is 9.00. The first kappa shape index (κ1) is 14.9. The van der Waals surface area contributed by atoms with E-state index >= 15 is 0 Å². The Morgan fingerprint density at radius 2 is 1.88 bits per heavy atom. The van der Waals surface area contributed by atoms with Crippen molar-refractivity contribution in [3.8, 4) is 0 Å². The zero-order valence-corrected chi connectivity index (χ0v) is 12.0. The first-order chi connectivity index (χ1) is 7.99. The predicted octanol–water partition coefficient (Wildman–Crippen LogP) is 1.67. The quantitative estimate of drug-likeness (QED) is 0.735. The Hall–Kier alpha value is -0.120. The second-order valence-corrected chi connectivity index (χ2v) is 6.22. The molecule has 0 aromatic rings. The predicted molar refractivity (Wildman–Crippen MR) is 73.2 cm³/mol. The van der Waals surface area contributed by atoms with Crippen molar-refractivity contribution in [3.63, 3.8) is 0 Å². The monoisotopic (exact) mass is 242 g/mol. The third-order valence-corrected chi connectivity index (χ3v) is 3.60. The fraction of sp³-hybridized carbons (Fsp3) is 1.00. The molecule has 3 heteroatoms. The van der Waals surface area contributed by atoms with Gasteiger partial charge in [0.2, 0.25) is 0 Å². The Kier molecular flexibility index (Phi) is 6.45. The lowest BCUT2D eigenvalue weighted by atomic mass is 10.0. The fourth-order valence-corrected chi connectivity index (χ4v) is 2.68. The van der Waals surface area contributed by atoms with Crippen molar-refractivity contribution in [3.05, 3.63) is 0 Å². The smallest absolute Gasteiger partial charge is 0.0580 e. The van der Waals surface area contributed by atoms with Gasteiger partial charge in [-0.15, -0.1) is 0 Å². The van der Waals surface area contributed by atoms with E-state index in [0.717, 1.165) is 32.6 Å². The minimum absolute atomic E-state index is 0.0518. The van der Waals surface area contributed by atoms with Crippen LogP contribution in [-0.2, 0) is 0 Å². The van der Waals surface area contributed by atoms with E-state index in [1.165, 1.54) is 12.8 Å². The molecular formula is C14H30N2O. The molecule has 1 fully saturated rings. The lowest BCUT2D eigenvalue weighted by Crippen LogP contribution is -2.39. The summed E-state index contributed by atoms with van der Waals surface area (Å²) in [4.78, 5) is 4.77. The molecule has 0 aromatic carbocycles. The van der Waals surface area contributed by atoms with Crippen molar-refractivity contribution in [2.45, 2.75) is 39.2 Å². The maximum absolute atomic E-state index is 9.91. The highest BCUT2D eigenvalue weighted by molar-refractivity contribution is 4.80. The molecule has 0 spiro atoms. The van der Waals surface area contributed by atoms with Gasteiger partial charge in [-0.25, -0.2) is 0 Å². The molecule has 1 aliphatic carbocycles. The summed E-state index contributed by atoms with van der Waals surface area (Å²) in [7, 11) is 4.25. The number of aliphatic hydroxyl groups excluding tert-OH is 1. The zero-order valence-electron chi connectivity index (χ0n) is 12.0. The fourth-order valence-electron chi connectivity index (χ4n) is 2.68. The van der Waals surface area contributed by atoms with Gasteiger partial charge in [-0.2, -0.15) is 0 Å². The summed E-state index contributed by atoms with van der Waals surface area (Å²) < 4.78 is 0. The van der Waals surface area contributed by atoms with Gasteiger partial charge in [0.1, 0.15) is 0 Å². The van der Waals surface area contributed by atoms with Crippen LogP contribution in [0, 0.1) is 11.8 Å². The van der Waals surface area contributed by atoms with E-state index in [9.17, 15) is 5.11 Å². The molecule has 1 aliphatic rings. The summed E-state index contributed by atoms with van der Waals surface area (Å²) >= 11 is 0. The number of likely N-dealkylation sites (N-methyl/N-ethyl adjacent to an activating group) is 1. The number of hydrogen-bond donors (Lipinski definition) is 1. The first-order valence-corrected chi connectivity index (χ1v) is 7.04. The molecule has 2 atom stereocenters.